The molecule has 0 aliphatic rings. The molecule has 0 aromatic heterocycles. The molecule has 1 rings (SSSR count). The van der Waals surface area contributed by atoms with Crippen LogP contribution in [0.3, 0.4) is 0 Å². The summed E-state index contributed by atoms with van der Waals surface area (Å²) in [6.45, 7) is 11.6. The van der Waals surface area contributed by atoms with Crippen LogP contribution in [0.25, 0.3) is 0 Å². The molecule has 0 aliphatic heterocycles. The molecule has 1 aromatic carbocycles. The van der Waals surface area contributed by atoms with Gasteiger partial charge in [-0.25, -0.2) is 0 Å². The summed E-state index contributed by atoms with van der Waals surface area (Å²) in [5.41, 5.74) is 4.09. The topological polar surface area (TPSA) is 12.0 Å². The standard InChI is InChI=1S/C16H25N/c1-5-10-17-16(11-13(2)3)12-15-9-7-6-8-14(15)4/h6-9,16-17H,2,5,10-12H2,1,3-4H3. The van der Waals surface area contributed by atoms with Crippen molar-refractivity contribution >= 4 is 0 Å². The summed E-state index contributed by atoms with van der Waals surface area (Å²) in [7, 11) is 0. The molecule has 17 heavy (non-hydrogen) atoms. The van der Waals surface area contributed by atoms with Crippen LogP contribution < -0.4 is 5.32 Å². The SMILES string of the molecule is C=C(C)CC(Cc1ccccc1C)NCCC. The summed E-state index contributed by atoms with van der Waals surface area (Å²) in [5.74, 6) is 0. The summed E-state index contributed by atoms with van der Waals surface area (Å²) in [5, 5.41) is 3.62. The van der Waals surface area contributed by atoms with Crippen molar-refractivity contribution in [1.29, 1.82) is 0 Å². The summed E-state index contributed by atoms with van der Waals surface area (Å²) < 4.78 is 0. The zero-order valence-corrected chi connectivity index (χ0v) is 11.4. The zero-order chi connectivity index (χ0) is 12.7. The molecule has 0 saturated heterocycles. The Bertz CT molecular complexity index is 354. The van der Waals surface area contributed by atoms with Gasteiger partial charge < -0.3 is 5.32 Å². The molecule has 1 heteroatoms. The van der Waals surface area contributed by atoms with Gasteiger partial charge in [-0.1, -0.05) is 36.8 Å². The molecular weight excluding hydrogens is 206 g/mol. The minimum absolute atomic E-state index is 0.522. The number of benzene rings is 1. The first-order valence-corrected chi connectivity index (χ1v) is 6.55. The largest absolute Gasteiger partial charge is 0.313 e. The molecule has 94 valence electrons. The van der Waals surface area contributed by atoms with Crippen LogP contribution in [0.2, 0.25) is 0 Å². The number of hydrogen-bond acceptors (Lipinski definition) is 1. The summed E-state index contributed by atoms with van der Waals surface area (Å²) in [4.78, 5) is 0. The van der Waals surface area contributed by atoms with Crippen molar-refractivity contribution in [2.75, 3.05) is 6.54 Å². The molecule has 1 unspecified atom stereocenters. The van der Waals surface area contributed by atoms with Crippen LogP contribution >= 0.6 is 0 Å². The van der Waals surface area contributed by atoms with Gasteiger partial charge in [0.25, 0.3) is 0 Å². The van der Waals surface area contributed by atoms with Crippen LogP contribution in [-0.4, -0.2) is 12.6 Å². The average Bonchev–Trinajstić information content (AvgIpc) is 2.28. The van der Waals surface area contributed by atoms with Gasteiger partial charge in [0.05, 0.1) is 0 Å². The van der Waals surface area contributed by atoms with Gasteiger partial charge in [-0.05, 0) is 50.8 Å². The summed E-state index contributed by atoms with van der Waals surface area (Å²) in [6.07, 6.45) is 3.34. The lowest BCUT2D eigenvalue weighted by Gasteiger charge is -2.19. The van der Waals surface area contributed by atoms with E-state index in [0.717, 1.165) is 19.4 Å². The van der Waals surface area contributed by atoms with Crippen molar-refractivity contribution in [2.45, 2.75) is 46.1 Å². The van der Waals surface area contributed by atoms with E-state index in [-0.39, 0.29) is 0 Å². The van der Waals surface area contributed by atoms with Crippen molar-refractivity contribution in [2.24, 2.45) is 0 Å². The predicted octanol–water partition coefficient (Wildman–Crippen LogP) is 3.87. The molecule has 0 amide bonds. The highest BCUT2D eigenvalue weighted by molar-refractivity contribution is 5.26. The average molecular weight is 231 g/mol. The number of rotatable bonds is 7. The Kier molecular flexibility index (Phi) is 5.99. The van der Waals surface area contributed by atoms with Crippen LogP contribution in [0.4, 0.5) is 0 Å². The molecule has 1 aromatic rings. The van der Waals surface area contributed by atoms with E-state index in [0.29, 0.717) is 6.04 Å². The van der Waals surface area contributed by atoms with Gasteiger partial charge in [-0.2, -0.15) is 0 Å². The minimum Gasteiger partial charge on any atom is -0.313 e. The number of hydrogen-bond donors (Lipinski definition) is 1. The van der Waals surface area contributed by atoms with E-state index in [1.807, 2.05) is 0 Å². The first-order chi connectivity index (χ1) is 8.13. The molecule has 1 nitrogen and oxygen atoms in total. The fourth-order valence-electron chi connectivity index (χ4n) is 2.09. The summed E-state index contributed by atoms with van der Waals surface area (Å²) in [6, 6.07) is 9.17. The molecule has 0 radical (unpaired) electrons. The smallest absolute Gasteiger partial charge is 0.0144 e. The molecule has 0 aliphatic carbocycles. The van der Waals surface area contributed by atoms with E-state index in [9.17, 15) is 0 Å². The Morgan fingerprint density at radius 1 is 1.35 bits per heavy atom. The monoisotopic (exact) mass is 231 g/mol. The van der Waals surface area contributed by atoms with Crippen LogP contribution in [0.5, 0.6) is 0 Å². The van der Waals surface area contributed by atoms with E-state index in [1.54, 1.807) is 0 Å². The lowest BCUT2D eigenvalue weighted by Crippen LogP contribution is -2.32. The molecule has 0 fully saturated rings. The van der Waals surface area contributed by atoms with Gasteiger partial charge in [0.1, 0.15) is 0 Å². The molecule has 0 heterocycles. The van der Waals surface area contributed by atoms with Crippen molar-refractivity contribution in [1.82, 2.24) is 5.32 Å². The fraction of sp³-hybridized carbons (Fsp3) is 0.500. The second-order valence-electron chi connectivity index (χ2n) is 4.94. The maximum absolute atomic E-state index is 4.03. The second kappa shape index (κ2) is 7.29. The Labute approximate surface area is 106 Å². The minimum atomic E-state index is 0.522. The van der Waals surface area contributed by atoms with Gasteiger partial charge in [-0.15, -0.1) is 6.58 Å². The van der Waals surface area contributed by atoms with Gasteiger partial charge in [0.15, 0.2) is 0 Å². The molecule has 1 N–H and O–H groups in total. The second-order valence-corrected chi connectivity index (χ2v) is 4.94. The Hall–Kier alpha value is -1.08. The van der Waals surface area contributed by atoms with Gasteiger partial charge in [-0.3, -0.25) is 0 Å². The molecule has 0 spiro atoms. The normalized spacial score (nSPS) is 12.4. The van der Waals surface area contributed by atoms with Crippen molar-refractivity contribution in [3.63, 3.8) is 0 Å². The van der Waals surface area contributed by atoms with E-state index >= 15 is 0 Å². The Morgan fingerprint density at radius 3 is 2.65 bits per heavy atom. The zero-order valence-electron chi connectivity index (χ0n) is 11.4. The Morgan fingerprint density at radius 2 is 2.06 bits per heavy atom. The lowest BCUT2D eigenvalue weighted by molar-refractivity contribution is 0.503. The highest BCUT2D eigenvalue weighted by Crippen LogP contribution is 2.13. The van der Waals surface area contributed by atoms with E-state index < -0.39 is 0 Å². The summed E-state index contributed by atoms with van der Waals surface area (Å²) >= 11 is 0. The van der Waals surface area contributed by atoms with Crippen LogP contribution in [0, 0.1) is 6.92 Å². The quantitative estimate of drug-likeness (QED) is 0.702. The molecule has 0 saturated carbocycles. The predicted molar refractivity (Wildman–Crippen MR) is 76.4 cm³/mol. The maximum atomic E-state index is 4.03. The first kappa shape index (κ1) is 14.0. The van der Waals surface area contributed by atoms with Crippen molar-refractivity contribution in [3.05, 3.63) is 47.5 Å². The number of aryl methyl sites for hydroxylation is 1. The van der Waals surface area contributed by atoms with E-state index in [1.165, 1.54) is 23.1 Å². The van der Waals surface area contributed by atoms with Gasteiger partial charge >= 0.3 is 0 Å². The van der Waals surface area contributed by atoms with Crippen molar-refractivity contribution < 1.29 is 0 Å². The van der Waals surface area contributed by atoms with E-state index in [4.69, 9.17) is 0 Å². The highest BCUT2D eigenvalue weighted by Gasteiger charge is 2.10. The fourth-order valence-corrected chi connectivity index (χ4v) is 2.09. The van der Waals surface area contributed by atoms with Crippen LogP contribution in [0.15, 0.2) is 36.4 Å². The van der Waals surface area contributed by atoms with Gasteiger partial charge in [0.2, 0.25) is 0 Å². The molecule has 1 atom stereocenters. The van der Waals surface area contributed by atoms with E-state index in [2.05, 4.69) is 56.9 Å². The number of nitrogens with one attached hydrogen (secondary N) is 1. The van der Waals surface area contributed by atoms with Crippen LogP contribution in [0.1, 0.15) is 37.8 Å². The third kappa shape index (κ3) is 5.18. The highest BCUT2D eigenvalue weighted by atomic mass is 14.9. The van der Waals surface area contributed by atoms with Gasteiger partial charge in [0, 0.05) is 6.04 Å². The third-order valence-electron chi connectivity index (χ3n) is 3.01. The van der Waals surface area contributed by atoms with Crippen LogP contribution in [-0.2, 0) is 6.42 Å². The molecular formula is C16H25N. The third-order valence-corrected chi connectivity index (χ3v) is 3.01. The lowest BCUT2D eigenvalue weighted by atomic mass is 9.97. The van der Waals surface area contributed by atoms with Crippen molar-refractivity contribution in [3.8, 4) is 0 Å². The maximum Gasteiger partial charge on any atom is 0.0144 e. The first-order valence-electron chi connectivity index (χ1n) is 6.55. The molecule has 0 bridgehead atoms. The Balaban J connectivity index is 2.64.